The number of rotatable bonds is 5. The van der Waals surface area contributed by atoms with Gasteiger partial charge in [-0.2, -0.15) is 0 Å². The van der Waals surface area contributed by atoms with E-state index in [1.54, 1.807) is 6.92 Å². The number of fused-ring (bicyclic) bond motifs is 7. The van der Waals surface area contributed by atoms with Gasteiger partial charge in [0, 0.05) is 11.8 Å². The molecule has 1 spiro atoms. The van der Waals surface area contributed by atoms with Crippen LogP contribution in [-0.2, 0) is 33.2 Å². The standard InChI is InChI=1S/C39H62O15/c1-15-12-23(41)39(54-34(15)48)16(2)24-32(53-39)28(44)25-20-7-6-18-13-19(8-10-37(18,4)21(20)9-11-38(24,25)5)50-36-33(30(46)27(43)22(14-40)51-36)52-35-31(47)29(45)26(42)17(3)49-35/h15-33,35-36,40-47H,6-14H2,1-5H3/t15-,16?,17+,18+,19+,20-,21+,22-,23+,24+,25-,26+,27-,28-,29-,30+,31-,32-,33-,35+,36-,37+,38-,39?/m1/s1. The fraction of sp³-hybridized carbons (Fsp3) is 0.974. The van der Waals surface area contributed by atoms with E-state index in [2.05, 4.69) is 13.8 Å². The van der Waals surface area contributed by atoms with Crippen LogP contribution in [0.25, 0.3) is 0 Å². The highest BCUT2D eigenvalue weighted by Crippen LogP contribution is 2.71. The summed E-state index contributed by atoms with van der Waals surface area (Å²) < 4.78 is 36.5. The summed E-state index contributed by atoms with van der Waals surface area (Å²) in [5.41, 5.74) is -0.281. The van der Waals surface area contributed by atoms with Gasteiger partial charge in [-0.05, 0) is 92.8 Å². The Hall–Kier alpha value is -1.05. The topological polar surface area (TPSA) is 234 Å². The molecule has 54 heavy (non-hydrogen) atoms. The predicted molar refractivity (Wildman–Crippen MR) is 184 cm³/mol. The van der Waals surface area contributed by atoms with Gasteiger partial charge in [0.2, 0.25) is 5.79 Å². The third kappa shape index (κ3) is 5.81. The van der Waals surface area contributed by atoms with Crippen LogP contribution in [0.15, 0.2) is 0 Å². The van der Waals surface area contributed by atoms with E-state index in [1.165, 1.54) is 6.92 Å². The van der Waals surface area contributed by atoms with Gasteiger partial charge < -0.3 is 69.3 Å². The molecule has 0 aromatic carbocycles. The lowest BCUT2D eigenvalue weighted by Gasteiger charge is -2.61. The highest BCUT2D eigenvalue weighted by molar-refractivity contribution is 5.73. The normalized spacial score (nSPS) is 59.9. The van der Waals surface area contributed by atoms with Crippen molar-refractivity contribution < 1.29 is 74.1 Å². The summed E-state index contributed by atoms with van der Waals surface area (Å²) in [6.45, 7) is 9.34. The molecule has 8 N–H and O–H groups in total. The van der Waals surface area contributed by atoms with Gasteiger partial charge in [-0.15, -0.1) is 0 Å². The van der Waals surface area contributed by atoms with Crippen molar-refractivity contribution >= 4 is 5.97 Å². The first kappa shape index (κ1) is 39.8. The molecule has 15 nitrogen and oxygen atoms in total. The minimum absolute atomic E-state index is 0.00439. The van der Waals surface area contributed by atoms with Crippen molar-refractivity contribution in [3.05, 3.63) is 0 Å². The van der Waals surface area contributed by atoms with Gasteiger partial charge in [0.1, 0.15) is 48.8 Å². The van der Waals surface area contributed by atoms with Crippen LogP contribution in [0, 0.1) is 52.3 Å². The quantitative estimate of drug-likeness (QED) is 0.135. The lowest BCUT2D eigenvalue weighted by Crippen LogP contribution is -2.64. The SMILES string of the molecule is CC1[C@H]2[C@@H](OC13OC(=O)[C@H](C)C[C@@H]3O)[C@H](O)[C@H]1[C@@H]3CC[C@H]4C[C@@H](O[C@@H]5O[C@H](CO)[C@@H](O)[C@H](O)[C@H]5O[C@@H]5O[C@@H](C)[C@H](O)[C@@H](O)[C@H]5O)CC[C@]4(C)[C@H]3CC[C@@]12C. The second-order valence-electron chi connectivity index (χ2n) is 18.8. The van der Waals surface area contributed by atoms with Gasteiger partial charge in [0.15, 0.2) is 12.6 Å². The van der Waals surface area contributed by atoms with E-state index in [1.807, 2.05) is 6.92 Å². The van der Waals surface area contributed by atoms with Gasteiger partial charge in [0.25, 0.3) is 0 Å². The zero-order valence-corrected chi connectivity index (χ0v) is 31.9. The van der Waals surface area contributed by atoms with E-state index in [9.17, 15) is 45.6 Å². The molecule has 4 saturated heterocycles. The van der Waals surface area contributed by atoms with Crippen molar-refractivity contribution in [3.8, 4) is 0 Å². The fourth-order valence-corrected chi connectivity index (χ4v) is 13.2. The van der Waals surface area contributed by atoms with Crippen molar-refractivity contribution in [2.45, 2.75) is 178 Å². The molecule has 4 aliphatic carbocycles. The smallest absolute Gasteiger partial charge is 0.311 e. The summed E-state index contributed by atoms with van der Waals surface area (Å²) in [4.78, 5) is 12.7. The summed E-state index contributed by atoms with van der Waals surface area (Å²) in [7, 11) is 0. The average molecular weight is 771 g/mol. The molecule has 4 heterocycles. The number of aliphatic hydroxyl groups excluding tert-OH is 8. The first-order valence-corrected chi connectivity index (χ1v) is 20.4. The minimum Gasteiger partial charge on any atom is -0.430 e. The van der Waals surface area contributed by atoms with Crippen LogP contribution in [0.5, 0.6) is 0 Å². The van der Waals surface area contributed by atoms with Gasteiger partial charge in [0.05, 0.1) is 36.9 Å². The molecule has 8 aliphatic rings. The maximum atomic E-state index is 12.7. The number of carbonyl (C=O) groups excluding carboxylic acids is 1. The van der Waals surface area contributed by atoms with Crippen LogP contribution in [-0.4, -0.2) is 145 Å². The van der Waals surface area contributed by atoms with Crippen molar-refractivity contribution in [2.24, 2.45) is 52.3 Å². The Bertz CT molecular complexity index is 1400. The number of hydrogen-bond acceptors (Lipinski definition) is 15. The van der Waals surface area contributed by atoms with E-state index in [0.29, 0.717) is 24.7 Å². The molecular formula is C39H62O15. The summed E-state index contributed by atoms with van der Waals surface area (Å²) >= 11 is 0. The molecule has 0 bridgehead atoms. The highest BCUT2D eigenvalue weighted by atomic mass is 16.8. The van der Waals surface area contributed by atoms with E-state index in [-0.39, 0.29) is 53.0 Å². The maximum absolute atomic E-state index is 12.7. The molecule has 4 aliphatic heterocycles. The van der Waals surface area contributed by atoms with Crippen LogP contribution >= 0.6 is 0 Å². The second-order valence-corrected chi connectivity index (χ2v) is 18.8. The van der Waals surface area contributed by atoms with Gasteiger partial charge in [-0.1, -0.05) is 27.7 Å². The fourth-order valence-electron chi connectivity index (χ4n) is 13.2. The van der Waals surface area contributed by atoms with Crippen LogP contribution in [0.1, 0.15) is 86.0 Å². The van der Waals surface area contributed by atoms with Crippen molar-refractivity contribution in [3.63, 3.8) is 0 Å². The molecule has 0 aromatic rings. The zero-order valence-electron chi connectivity index (χ0n) is 31.9. The van der Waals surface area contributed by atoms with Crippen LogP contribution in [0.4, 0.5) is 0 Å². The minimum atomic E-state index is -1.64. The number of carbonyl (C=O) groups is 1. The van der Waals surface area contributed by atoms with E-state index >= 15 is 0 Å². The first-order valence-electron chi connectivity index (χ1n) is 20.4. The lowest BCUT2D eigenvalue weighted by molar-refractivity contribution is -0.371. The van der Waals surface area contributed by atoms with Gasteiger partial charge >= 0.3 is 5.97 Å². The summed E-state index contributed by atoms with van der Waals surface area (Å²) in [6, 6.07) is 0. The second kappa shape index (κ2) is 14.1. The Kier molecular flexibility index (Phi) is 10.3. The summed E-state index contributed by atoms with van der Waals surface area (Å²) in [5, 5.41) is 86.3. The van der Waals surface area contributed by atoms with Crippen LogP contribution in [0.3, 0.4) is 0 Å². The number of esters is 1. The number of hydrogen-bond donors (Lipinski definition) is 8. The van der Waals surface area contributed by atoms with Crippen molar-refractivity contribution in [1.29, 1.82) is 0 Å². The van der Waals surface area contributed by atoms with E-state index < -0.39 is 98.0 Å². The van der Waals surface area contributed by atoms with Crippen LogP contribution in [0.2, 0.25) is 0 Å². The third-order valence-electron chi connectivity index (χ3n) is 16.2. The van der Waals surface area contributed by atoms with Crippen molar-refractivity contribution in [1.82, 2.24) is 0 Å². The Labute approximate surface area is 316 Å². The molecule has 24 atom stereocenters. The molecule has 308 valence electrons. The highest BCUT2D eigenvalue weighted by Gasteiger charge is 2.74. The van der Waals surface area contributed by atoms with Crippen molar-refractivity contribution in [2.75, 3.05) is 6.61 Å². The third-order valence-corrected chi connectivity index (χ3v) is 16.2. The van der Waals surface area contributed by atoms with E-state index in [0.717, 1.165) is 32.1 Å². The molecule has 0 amide bonds. The Morgan fingerprint density at radius 3 is 2.19 bits per heavy atom. The predicted octanol–water partition coefficient (Wildman–Crippen LogP) is -0.0620. The Morgan fingerprint density at radius 1 is 0.741 bits per heavy atom. The molecule has 15 heteroatoms. The molecule has 8 fully saturated rings. The summed E-state index contributed by atoms with van der Waals surface area (Å²) in [5.74, 6) is -1.63. The largest absolute Gasteiger partial charge is 0.430 e. The molecule has 0 radical (unpaired) electrons. The zero-order chi connectivity index (χ0) is 38.8. The number of aliphatic hydroxyl groups is 8. The van der Waals surface area contributed by atoms with E-state index in [4.69, 9.17) is 28.4 Å². The molecule has 4 saturated carbocycles. The first-order chi connectivity index (χ1) is 25.5. The number of ether oxygens (including phenoxy) is 6. The molecular weight excluding hydrogens is 708 g/mol. The van der Waals surface area contributed by atoms with Crippen LogP contribution < -0.4 is 0 Å². The Morgan fingerprint density at radius 2 is 1.46 bits per heavy atom. The van der Waals surface area contributed by atoms with Gasteiger partial charge in [-0.3, -0.25) is 4.79 Å². The lowest BCUT2D eigenvalue weighted by atomic mass is 9.44. The average Bonchev–Trinajstić information content (AvgIpc) is 3.55. The molecule has 2 unspecified atom stereocenters. The summed E-state index contributed by atoms with van der Waals surface area (Å²) in [6.07, 6.45) is -10.0. The monoisotopic (exact) mass is 770 g/mol. The van der Waals surface area contributed by atoms with Gasteiger partial charge in [-0.25, -0.2) is 0 Å². The maximum Gasteiger partial charge on any atom is 0.311 e. The molecule has 8 rings (SSSR count). The molecule has 0 aromatic heterocycles. The Balaban J connectivity index is 0.963.